The summed E-state index contributed by atoms with van der Waals surface area (Å²) in [6, 6.07) is 0.525. The number of nitrogens with zero attached hydrogens (tertiary/aromatic N) is 1. The minimum absolute atomic E-state index is 0.0504. The van der Waals surface area contributed by atoms with Crippen LogP contribution in [-0.4, -0.2) is 29.1 Å². The summed E-state index contributed by atoms with van der Waals surface area (Å²) < 4.78 is 0. The molecule has 0 aromatic carbocycles. The Morgan fingerprint density at radius 3 is 2.58 bits per heavy atom. The lowest BCUT2D eigenvalue weighted by Crippen LogP contribution is -2.48. The normalized spacial score (nSPS) is 36.3. The average molecular weight is 266 g/mol. The van der Waals surface area contributed by atoms with Crippen molar-refractivity contribution in [2.45, 2.75) is 84.5 Å². The van der Waals surface area contributed by atoms with Crippen molar-refractivity contribution in [3.63, 3.8) is 0 Å². The van der Waals surface area contributed by atoms with Crippen LogP contribution in [0.4, 0.5) is 0 Å². The van der Waals surface area contributed by atoms with Crippen LogP contribution in [0, 0.1) is 11.8 Å². The lowest BCUT2D eigenvalue weighted by molar-refractivity contribution is -0.134. The van der Waals surface area contributed by atoms with Gasteiger partial charge in [0.2, 0.25) is 5.91 Å². The molecule has 1 saturated heterocycles. The topological polar surface area (TPSA) is 32.3 Å². The van der Waals surface area contributed by atoms with E-state index in [0.29, 0.717) is 17.9 Å². The summed E-state index contributed by atoms with van der Waals surface area (Å²) >= 11 is 0. The zero-order valence-electron chi connectivity index (χ0n) is 13.0. The van der Waals surface area contributed by atoms with E-state index < -0.39 is 0 Å². The molecule has 0 bridgehead atoms. The summed E-state index contributed by atoms with van der Waals surface area (Å²) in [6.07, 6.45) is 7.46. The lowest BCUT2D eigenvalue weighted by atomic mass is 9.83. The maximum atomic E-state index is 12.6. The fourth-order valence-electron chi connectivity index (χ4n) is 3.77. The first kappa shape index (κ1) is 14.8. The van der Waals surface area contributed by atoms with Gasteiger partial charge in [-0.3, -0.25) is 10.1 Å². The Morgan fingerprint density at radius 2 is 2.00 bits per heavy atom. The zero-order valence-corrected chi connectivity index (χ0v) is 13.0. The third-order valence-electron chi connectivity index (χ3n) is 4.99. The van der Waals surface area contributed by atoms with Gasteiger partial charge >= 0.3 is 0 Å². The van der Waals surface area contributed by atoms with E-state index in [2.05, 4.69) is 37.9 Å². The molecule has 3 nitrogen and oxygen atoms in total. The Balaban J connectivity index is 2.12. The second-order valence-electron chi connectivity index (χ2n) is 6.66. The predicted octanol–water partition coefficient (Wildman–Crippen LogP) is 3.15. The smallest absolute Gasteiger partial charge is 0.241 e. The number of amides is 1. The van der Waals surface area contributed by atoms with Crippen LogP contribution in [0.25, 0.3) is 0 Å². The molecule has 1 saturated carbocycles. The molecule has 2 fully saturated rings. The van der Waals surface area contributed by atoms with Gasteiger partial charge in [-0.05, 0) is 31.1 Å². The van der Waals surface area contributed by atoms with E-state index >= 15 is 0 Å². The van der Waals surface area contributed by atoms with E-state index in [-0.39, 0.29) is 12.2 Å². The molecular formula is C16H30N2O. The second kappa shape index (κ2) is 6.25. The second-order valence-corrected chi connectivity index (χ2v) is 6.66. The number of carbonyl (C=O) groups is 1. The molecule has 4 atom stereocenters. The highest BCUT2D eigenvalue weighted by molar-refractivity contribution is 5.84. The molecule has 1 amide bonds. The van der Waals surface area contributed by atoms with Gasteiger partial charge in [-0.15, -0.1) is 0 Å². The third kappa shape index (κ3) is 2.96. The first-order chi connectivity index (χ1) is 9.08. The maximum Gasteiger partial charge on any atom is 0.241 e. The van der Waals surface area contributed by atoms with Crippen molar-refractivity contribution in [3.05, 3.63) is 0 Å². The summed E-state index contributed by atoms with van der Waals surface area (Å²) in [5.74, 6) is 1.66. The van der Waals surface area contributed by atoms with Crippen LogP contribution in [0.1, 0.15) is 66.2 Å². The van der Waals surface area contributed by atoms with Crippen LogP contribution in [0.2, 0.25) is 0 Å². The summed E-state index contributed by atoms with van der Waals surface area (Å²) in [5.41, 5.74) is 0. The molecule has 0 spiro atoms. The monoisotopic (exact) mass is 266 g/mol. The van der Waals surface area contributed by atoms with E-state index in [4.69, 9.17) is 0 Å². The van der Waals surface area contributed by atoms with E-state index in [1.165, 1.54) is 32.1 Å². The van der Waals surface area contributed by atoms with Crippen molar-refractivity contribution in [3.8, 4) is 0 Å². The number of hydrogen-bond acceptors (Lipinski definition) is 2. The summed E-state index contributed by atoms with van der Waals surface area (Å²) in [5, 5.41) is 3.55. The lowest BCUT2D eigenvalue weighted by Gasteiger charge is -2.39. The van der Waals surface area contributed by atoms with Crippen molar-refractivity contribution >= 4 is 5.91 Å². The Labute approximate surface area is 118 Å². The molecule has 110 valence electrons. The maximum absolute atomic E-state index is 12.6. The molecule has 1 heterocycles. The SMILES string of the molecule is CCC1CCCC(N2C(=O)C(CC)NC2C(C)C)C1. The molecule has 2 rings (SSSR count). The number of rotatable bonds is 4. The summed E-state index contributed by atoms with van der Waals surface area (Å²) in [4.78, 5) is 14.8. The Hall–Kier alpha value is -0.570. The van der Waals surface area contributed by atoms with Gasteiger partial charge in [0, 0.05) is 6.04 Å². The predicted molar refractivity (Wildman–Crippen MR) is 78.7 cm³/mol. The quantitative estimate of drug-likeness (QED) is 0.848. The van der Waals surface area contributed by atoms with Gasteiger partial charge in [-0.2, -0.15) is 0 Å². The molecule has 0 aromatic rings. The van der Waals surface area contributed by atoms with Gasteiger partial charge in [0.1, 0.15) is 0 Å². The van der Waals surface area contributed by atoms with Crippen LogP contribution in [0.5, 0.6) is 0 Å². The van der Waals surface area contributed by atoms with Crippen molar-refractivity contribution in [2.75, 3.05) is 0 Å². The van der Waals surface area contributed by atoms with Crippen LogP contribution in [-0.2, 0) is 4.79 Å². The van der Waals surface area contributed by atoms with Gasteiger partial charge in [0.25, 0.3) is 0 Å². The van der Waals surface area contributed by atoms with E-state index in [1.807, 2.05) is 0 Å². The molecule has 4 unspecified atom stereocenters. The molecule has 1 aliphatic heterocycles. The van der Waals surface area contributed by atoms with Crippen LogP contribution < -0.4 is 5.32 Å². The van der Waals surface area contributed by atoms with Crippen LogP contribution in [0.15, 0.2) is 0 Å². The fourth-order valence-corrected chi connectivity index (χ4v) is 3.77. The summed E-state index contributed by atoms with van der Waals surface area (Å²) in [7, 11) is 0. The highest BCUT2D eigenvalue weighted by atomic mass is 16.2. The molecule has 0 aromatic heterocycles. The molecule has 3 heteroatoms. The largest absolute Gasteiger partial charge is 0.323 e. The Kier molecular flexibility index (Phi) is 4.88. The molecule has 0 radical (unpaired) electrons. The molecule has 1 N–H and O–H groups in total. The van der Waals surface area contributed by atoms with Gasteiger partial charge in [-0.25, -0.2) is 0 Å². The summed E-state index contributed by atoms with van der Waals surface area (Å²) in [6.45, 7) is 8.82. The van der Waals surface area contributed by atoms with E-state index in [9.17, 15) is 4.79 Å². The fraction of sp³-hybridized carbons (Fsp3) is 0.938. The van der Waals surface area contributed by atoms with Gasteiger partial charge < -0.3 is 4.90 Å². The zero-order chi connectivity index (χ0) is 14.0. The van der Waals surface area contributed by atoms with Crippen LogP contribution in [0.3, 0.4) is 0 Å². The van der Waals surface area contributed by atoms with Crippen molar-refractivity contribution < 1.29 is 4.79 Å². The van der Waals surface area contributed by atoms with Crippen molar-refractivity contribution in [2.24, 2.45) is 11.8 Å². The highest BCUT2D eigenvalue weighted by Crippen LogP contribution is 2.33. The van der Waals surface area contributed by atoms with Gasteiger partial charge in [0.05, 0.1) is 12.2 Å². The molecular weight excluding hydrogens is 236 g/mol. The first-order valence-corrected chi connectivity index (χ1v) is 8.16. The minimum atomic E-state index is 0.0504. The van der Waals surface area contributed by atoms with Crippen molar-refractivity contribution in [1.82, 2.24) is 10.2 Å². The average Bonchev–Trinajstić information content (AvgIpc) is 2.76. The standard InChI is InChI=1S/C16H30N2O/c1-5-12-8-7-9-13(10-12)18-15(11(3)4)17-14(6-2)16(18)19/h11-15,17H,5-10H2,1-4H3. The van der Waals surface area contributed by atoms with Crippen LogP contribution >= 0.6 is 0 Å². The van der Waals surface area contributed by atoms with E-state index in [0.717, 1.165) is 12.3 Å². The highest BCUT2D eigenvalue weighted by Gasteiger charge is 2.43. The number of nitrogens with one attached hydrogen (secondary N) is 1. The van der Waals surface area contributed by atoms with Gasteiger partial charge in [-0.1, -0.05) is 47.0 Å². The minimum Gasteiger partial charge on any atom is -0.323 e. The first-order valence-electron chi connectivity index (χ1n) is 8.16. The van der Waals surface area contributed by atoms with Gasteiger partial charge in [0.15, 0.2) is 0 Å². The Morgan fingerprint density at radius 1 is 1.26 bits per heavy atom. The number of carbonyl (C=O) groups excluding carboxylic acids is 1. The Bertz CT molecular complexity index is 316. The molecule has 1 aliphatic carbocycles. The van der Waals surface area contributed by atoms with Crippen molar-refractivity contribution in [1.29, 1.82) is 0 Å². The number of hydrogen-bond donors (Lipinski definition) is 1. The molecule has 19 heavy (non-hydrogen) atoms. The molecule has 2 aliphatic rings. The van der Waals surface area contributed by atoms with E-state index in [1.54, 1.807) is 0 Å². The third-order valence-corrected chi connectivity index (χ3v) is 4.99.